The molecule has 0 bridgehead atoms. The Balaban J connectivity index is 1.27. The number of hydrogen-bond acceptors (Lipinski definition) is 4. The molecule has 1 atom stereocenters. The largest absolute Gasteiger partial charge is 0.342 e. The first-order chi connectivity index (χ1) is 13.2. The summed E-state index contributed by atoms with van der Waals surface area (Å²) in [5.41, 5.74) is 1.71. The highest BCUT2D eigenvalue weighted by atomic mass is 16.2. The predicted octanol–water partition coefficient (Wildman–Crippen LogP) is 2.23. The summed E-state index contributed by atoms with van der Waals surface area (Å²) in [6.07, 6.45) is 8.45. The summed E-state index contributed by atoms with van der Waals surface area (Å²) in [7, 11) is 0. The van der Waals surface area contributed by atoms with Gasteiger partial charge in [-0.1, -0.05) is 30.3 Å². The number of rotatable bonds is 6. The second-order valence-electron chi connectivity index (χ2n) is 8.09. The summed E-state index contributed by atoms with van der Waals surface area (Å²) in [6, 6.07) is 10.7. The highest BCUT2D eigenvalue weighted by molar-refractivity contribution is 5.76. The number of piperidine rings is 1. The molecule has 0 aliphatic carbocycles. The molecule has 2 aliphatic rings. The van der Waals surface area contributed by atoms with Crippen LogP contribution in [0, 0.1) is 5.41 Å². The Morgan fingerprint density at radius 2 is 1.96 bits per heavy atom. The predicted molar refractivity (Wildman–Crippen MR) is 104 cm³/mol. The molecular weight excluding hydrogens is 338 g/mol. The maximum Gasteiger partial charge on any atom is 0.224 e. The topological polar surface area (TPSA) is 54.3 Å². The van der Waals surface area contributed by atoms with Crippen LogP contribution in [0.15, 0.2) is 43.0 Å². The van der Waals surface area contributed by atoms with Crippen LogP contribution in [0.1, 0.15) is 31.2 Å². The second-order valence-corrected chi connectivity index (χ2v) is 8.09. The summed E-state index contributed by atoms with van der Waals surface area (Å²) >= 11 is 0. The van der Waals surface area contributed by atoms with E-state index in [2.05, 4.69) is 50.2 Å². The van der Waals surface area contributed by atoms with Gasteiger partial charge in [-0.3, -0.25) is 9.48 Å². The van der Waals surface area contributed by atoms with Gasteiger partial charge in [0.25, 0.3) is 0 Å². The van der Waals surface area contributed by atoms with Gasteiger partial charge in [-0.25, -0.2) is 4.98 Å². The molecule has 6 heteroatoms. The summed E-state index contributed by atoms with van der Waals surface area (Å²) in [5, 5.41) is 4.08. The van der Waals surface area contributed by atoms with E-state index in [0.717, 1.165) is 39.0 Å². The summed E-state index contributed by atoms with van der Waals surface area (Å²) in [6.45, 7) is 5.88. The third-order valence-electron chi connectivity index (χ3n) is 6.11. The fourth-order valence-corrected chi connectivity index (χ4v) is 4.63. The van der Waals surface area contributed by atoms with Gasteiger partial charge in [-0.2, -0.15) is 5.10 Å². The van der Waals surface area contributed by atoms with Gasteiger partial charge in [0.1, 0.15) is 12.7 Å². The number of carbonyl (C=O) groups excluding carboxylic acids is 1. The average Bonchev–Trinajstić information content (AvgIpc) is 3.36. The Kier molecular flexibility index (Phi) is 5.53. The van der Waals surface area contributed by atoms with E-state index in [0.29, 0.717) is 18.4 Å². The van der Waals surface area contributed by atoms with Crippen molar-refractivity contribution in [1.29, 1.82) is 0 Å². The van der Waals surface area contributed by atoms with Crippen molar-refractivity contribution >= 4 is 5.91 Å². The van der Waals surface area contributed by atoms with Gasteiger partial charge < -0.3 is 9.80 Å². The third-order valence-corrected chi connectivity index (χ3v) is 6.11. The molecule has 0 N–H and O–H groups in total. The van der Waals surface area contributed by atoms with E-state index in [1.807, 2.05) is 0 Å². The first kappa shape index (κ1) is 18.2. The molecule has 1 aromatic carbocycles. The Hall–Kier alpha value is -2.21. The van der Waals surface area contributed by atoms with Gasteiger partial charge in [0.15, 0.2) is 0 Å². The monoisotopic (exact) mass is 367 g/mol. The Bertz CT molecular complexity index is 732. The quantitative estimate of drug-likeness (QED) is 0.786. The van der Waals surface area contributed by atoms with Gasteiger partial charge in [0.2, 0.25) is 5.91 Å². The van der Waals surface area contributed by atoms with Crippen molar-refractivity contribution in [2.24, 2.45) is 5.41 Å². The lowest BCUT2D eigenvalue weighted by atomic mass is 9.79. The van der Waals surface area contributed by atoms with Gasteiger partial charge >= 0.3 is 0 Å². The van der Waals surface area contributed by atoms with Crippen LogP contribution in [0.4, 0.5) is 0 Å². The number of aromatic nitrogens is 3. The molecule has 6 nitrogen and oxygen atoms in total. The van der Waals surface area contributed by atoms with Gasteiger partial charge in [0, 0.05) is 38.0 Å². The summed E-state index contributed by atoms with van der Waals surface area (Å²) in [4.78, 5) is 21.2. The lowest BCUT2D eigenvalue weighted by molar-refractivity contribution is -0.131. The molecule has 2 aliphatic heterocycles. The fraction of sp³-hybridized carbons (Fsp3) is 0.571. The molecule has 27 heavy (non-hydrogen) atoms. The van der Waals surface area contributed by atoms with Crippen LogP contribution < -0.4 is 0 Å². The molecule has 2 saturated heterocycles. The molecule has 2 aromatic rings. The highest BCUT2D eigenvalue weighted by Crippen LogP contribution is 2.39. The van der Waals surface area contributed by atoms with E-state index < -0.39 is 0 Å². The minimum absolute atomic E-state index is 0.254. The molecule has 3 heterocycles. The number of likely N-dealkylation sites (tertiary alicyclic amines) is 2. The minimum Gasteiger partial charge on any atom is -0.342 e. The lowest BCUT2D eigenvalue weighted by Crippen LogP contribution is -2.46. The van der Waals surface area contributed by atoms with Crippen molar-refractivity contribution in [3.63, 3.8) is 0 Å². The molecular formula is C21H29N5O. The SMILES string of the molecule is O=C(CCn1cncn1)N1CCC2(CCCN(CCc3ccccc3)C2)C1. The third kappa shape index (κ3) is 4.56. The number of benzene rings is 1. The van der Waals surface area contributed by atoms with Crippen molar-refractivity contribution in [1.82, 2.24) is 24.6 Å². The van der Waals surface area contributed by atoms with Crippen LogP contribution in [-0.4, -0.2) is 63.2 Å². The van der Waals surface area contributed by atoms with Crippen molar-refractivity contribution in [3.8, 4) is 0 Å². The molecule has 1 amide bonds. The van der Waals surface area contributed by atoms with Gasteiger partial charge in [-0.05, 0) is 37.8 Å². The second kappa shape index (κ2) is 8.21. The smallest absolute Gasteiger partial charge is 0.224 e. The Labute approximate surface area is 161 Å². The summed E-state index contributed by atoms with van der Waals surface area (Å²) in [5.74, 6) is 0.254. The van der Waals surface area contributed by atoms with Gasteiger partial charge in [0.05, 0.1) is 6.54 Å². The van der Waals surface area contributed by atoms with E-state index in [9.17, 15) is 4.79 Å². The van der Waals surface area contributed by atoms with E-state index in [1.54, 1.807) is 11.0 Å². The number of nitrogens with zero attached hydrogens (tertiary/aromatic N) is 5. The molecule has 0 radical (unpaired) electrons. The first-order valence-electron chi connectivity index (χ1n) is 10.1. The number of amides is 1. The Morgan fingerprint density at radius 3 is 2.78 bits per heavy atom. The van der Waals surface area contributed by atoms with Crippen molar-refractivity contribution in [2.75, 3.05) is 32.7 Å². The summed E-state index contributed by atoms with van der Waals surface area (Å²) < 4.78 is 1.73. The first-order valence-corrected chi connectivity index (χ1v) is 10.1. The van der Waals surface area contributed by atoms with Crippen LogP contribution in [0.3, 0.4) is 0 Å². The van der Waals surface area contributed by atoms with E-state index >= 15 is 0 Å². The van der Waals surface area contributed by atoms with Crippen molar-refractivity contribution in [2.45, 2.75) is 38.6 Å². The lowest BCUT2D eigenvalue weighted by Gasteiger charge is -2.40. The zero-order valence-electron chi connectivity index (χ0n) is 16.0. The minimum atomic E-state index is 0.254. The molecule has 0 saturated carbocycles. The fourth-order valence-electron chi connectivity index (χ4n) is 4.63. The average molecular weight is 367 g/mol. The maximum absolute atomic E-state index is 12.6. The van der Waals surface area contributed by atoms with E-state index in [-0.39, 0.29) is 5.91 Å². The number of hydrogen-bond donors (Lipinski definition) is 0. The number of carbonyl (C=O) groups is 1. The van der Waals surface area contributed by atoms with Gasteiger partial charge in [-0.15, -0.1) is 0 Å². The van der Waals surface area contributed by atoms with Crippen LogP contribution in [0.25, 0.3) is 0 Å². The maximum atomic E-state index is 12.6. The van der Waals surface area contributed by atoms with Crippen LogP contribution in [0.5, 0.6) is 0 Å². The molecule has 1 spiro atoms. The van der Waals surface area contributed by atoms with Crippen LogP contribution >= 0.6 is 0 Å². The highest BCUT2D eigenvalue weighted by Gasteiger charge is 2.42. The normalized spacial score (nSPS) is 23.2. The molecule has 1 unspecified atom stereocenters. The van der Waals surface area contributed by atoms with Crippen LogP contribution in [0.2, 0.25) is 0 Å². The number of aryl methyl sites for hydroxylation is 1. The zero-order valence-corrected chi connectivity index (χ0v) is 16.0. The van der Waals surface area contributed by atoms with E-state index in [4.69, 9.17) is 0 Å². The molecule has 4 rings (SSSR count). The zero-order chi connectivity index (χ0) is 18.5. The van der Waals surface area contributed by atoms with Crippen molar-refractivity contribution in [3.05, 3.63) is 48.5 Å². The molecule has 144 valence electrons. The Morgan fingerprint density at radius 1 is 1.07 bits per heavy atom. The van der Waals surface area contributed by atoms with Crippen molar-refractivity contribution < 1.29 is 4.79 Å². The van der Waals surface area contributed by atoms with E-state index in [1.165, 1.54) is 31.3 Å². The molecule has 1 aromatic heterocycles. The standard InChI is InChI=1S/C21H29N5O/c27-20(8-13-26-18-22-17-23-26)25-14-10-21(16-25)9-4-11-24(15-21)12-7-19-5-2-1-3-6-19/h1-3,5-6,17-18H,4,7-16H2. The molecule has 2 fully saturated rings. The van der Waals surface area contributed by atoms with Crippen LogP contribution in [-0.2, 0) is 17.8 Å².